The number of nitro groups is 1. The molecule has 172 valence electrons. The smallest absolute Gasteiger partial charge is 0.336 e. The van der Waals surface area contributed by atoms with Gasteiger partial charge in [0.2, 0.25) is 0 Å². The van der Waals surface area contributed by atoms with Gasteiger partial charge < -0.3 is 15.2 Å². The zero-order chi connectivity index (χ0) is 23.3. The first kappa shape index (κ1) is 24.8. The van der Waals surface area contributed by atoms with Crippen molar-refractivity contribution >= 4 is 23.3 Å². The van der Waals surface area contributed by atoms with Crippen molar-refractivity contribution in [2.75, 3.05) is 11.9 Å². The van der Waals surface area contributed by atoms with Crippen molar-refractivity contribution in [1.29, 1.82) is 0 Å². The van der Waals surface area contributed by atoms with Crippen molar-refractivity contribution in [3.63, 3.8) is 0 Å². The monoisotopic (exact) mass is 442 g/mol. The second-order valence-electron chi connectivity index (χ2n) is 7.56. The minimum atomic E-state index is -1.41. The highest BCUT2D eigenvalue weighted by molar-refractivity contribution is 6.13. The summed E-state index contributed by atoms with van der Waals surface area (Å²) >= 11 is 0. The third kappa shape index (κ3) is 7.68. The van der Waals surface area contributed by atoms with Gasteiger partial charge in [-0.1, -0.05) is 57.9 Å². The maximum Gasteiger partial charge on any atom is 0.336 e. The Morgan fingerprint density at radius 2 is 1.59 bits per heavy atom. The summed E-state index contributed by atoms with van der Waals surface area (Å²) in [6.45, 7) is 2.82. The number of benzene rings is 2. The van der Waals surface area contributed by atoms with Crippen LogP contribution in [-0.4, -0.2) is 28.5 Å². The third-order valence-corrected chi connectivity index (χ3v) is 5.08. The van der Waals surface area contributed by atoms with Gasteiger partial charge in [-0.2, -0.15) is 0 Å². The summed E-state index contributed by atoms with van der Waals surface area (Å²) in [5.74, 6) is -1.62. The molecule has 8 nitrogen and oxygen atoms in total. The molecule has 0 aliphatic rings. The number of unbranched alkanes of at least 4 members (excludes halogenated alkanes) is 7. The van der Waals surface area contributed by atoms with Crippen LogP contribution in [-0.2, 0) is 0 Å². The second kappa shape index (κ2) is 13.1. The van der Waals surface area contributed by atoms with E-state index in [2.05, 4.69) is 12.2 Å². The molecule has 32 heavy (non-hydrogen) atoms. The Morgan fingerprint density at radius 1 is 0.969 bits per heavy atom. The Kier molecular flexibility index (Phi) is 10.2. The van der Waals surface area contributed by atoms with Crippen LogP contribution in [0.3, 0.4) is 0 Å². The molecule has 2 N–H and O–H groups in total. The molecule has 0 spiro atoms. The molecule has 0 saturated heterocycles. The lowest BCUT2D eigenvalue weighted by atomic mass is 10.0. The maximum absolute atomic E-state index is 12.6. The van der Waals surface area contributed by atoms with Gasteiger partial charge >= 0.3 is 5.97 Å². The number of amides is 1. The predicted octanol–water partition coefficient (Wildman–Crippen LogP) is 6.06. The number of carbonyl (C=O) groups excluding carboxylic acids is 1. The van der Waals surface area contributed by atoms with E-state index in [-0.39, 0.29) is 0 Å². The largest absolute Gasteiger partial charge is 0.494 e. The fourth-order valence-electron chi connectivity index (χ4n) is 3.36. The molecule has 0 atom stereocenters. The Hall–Kier alpha value is -3.42. The molecular weight excluding hydrogens is 412 g/mol. The molecule has 1 amide bonds. The molecule has 2 aromatic carbocycles. The average Bonchev–Trinajstić information content (AvgIpc) is 2.78. The number of hydrogen-bond donors (Lipinski definition) is 2. The molecule has 0 aliphatic carbocycles. The van der Waals surface area contributed by atoms with E-state index in [1.54, 1.807) is 24.3 Å². The Balaban J connectivity index is 1.86. The minimum Gasteiger partial charge on any atom is -0.494 e. The topological polar surface area (TPSA) is 119 Å². The van der Waals surface area contributed by atoms with E-state index in [0.717, 1.165) is 25.0 Å². The summed E-state index contributed by atoms with van der Waals surface area (Å²) in [4.78, 5) is 34.5. The van der Waals surface area contributed by atoms with Crippen molar-refractivity contribution in [2.45, 2.75) is 58.3 Å². The quantitative estimate of drug-likeness (QED) is 0.208. The highest BCUT2D eigenvalue weighted by atomic mass is 16.6. The van der Waals surface area contributed by atoms with Gasteiger partial charge in [-0.15, -0.1) is 0 Å². The molecule has 0 aromatic heterocycles. The van der Waals surface area contributed by atoms with E-state index in [4.69, 9.17) is 4.74 Å². The number of ether oxygens (including phenoxy) is 1. The number of hydrogen-bond acceptors (Lipinski definition) is 5. The normalized spacial score (nSPS) is 10.5. The molecule has 2 rings (SSSR count). The van der Waals surface area contributed by atoms with E-state index in [0.29, 0.717) is 18.0 Å². The molecule has 0 aliphatic heterocycles. The van der Waals surface area contributed by atoms with Crippen molar-refractivity contribution in [3.8, 4) is 5.75 Å². The summed E-state index contributed by atoms with van der Waals surface area (Å²) in [5, 5.41) is 23.0. The van der Waals surface area contributed by atoms with E-state index in [1.165, 1.54) is 44.6 Å². The third-order valence-electron chi connectivity index (χ3n) is 5.08. The summed E-state index contributed by atoms with van der Waals surface area (Å²) in [7, 11) is 0. The number of anilines is 1. The van der Waals surface area contributed by atoms with Crippen LogP contribution in [0, 0.1) is 10.1 Å². The highest BCUT2D eigenvalue weighted by Crippen LogP contribution is 2.24. The van der Waals surface area contributed by atoms with Crippen LogP contribution in [0.15, 0.2) is 42.5 Å². The Labute approximate surface area is 187 Å². The first-order valence-corrected chi connectivity index (χ1v) is 11.0. The fourth-order valence-corrected chi connectivity index (χ4v) is 3.36. The lowest BCUT2D eigenvalue weighted by molar-refractivity contribution is -0.385. The predicted molar refractivity (Wildman–Crippen MR) is 123 cm³/mol. The van der Waals surface area contributed by atoms with E-state index in [9.17, 15) is 24.8 Å². The number of nitro benzene ring substituents is 1. The van der Waals surface area contributed by atoms with E-state index >= 15 is 0 Å². The van der Waals surface area contributed by atoms with Crippen LogP contribution in [0.1, 0.15) is 79.0 Å². The molecule has 0 saturated carbocycles. The molecule has 0 unspecified atom stereocenters. The molecule has 0 bridgehead atoms. The standard InChI is InChI=1S/C24H30N2O6/c1-2-3-4-5-6-7-8-9-17-32-19-15-13-18(14-16-19)25-23(27)22-20(24(28)29)11-10-12-21(22)26(30)31/h10-16H,2-9,17H2,1H3,(H,25,27)(H,28,29). The first-order chi connectivity index (χ1) is 15.4. The van der Waals surface area contributed by atoms with Crippen LogP contribution >= 0.6 is 0 Å². The van der Waals surface area contributed by atoms with Gasteiger partial charge in [0.25, 0.3) is 11.6 Å². The maximum atomic E-state index is 12.6. The zero-order valence-electron chi connectivity index (χ0n) is 18.3. The van der Waals surface area contributed by atoms with Gasteiger partial charge in [0.05, 0.1) is 17.1 Å². The number of aromatic carboxylic acids is 1. The van der Waals surface area contributed by atoms with Crippen LogP contribution in [0.4, 0.5) is 11.4 Å². The summed E-state index contributed by atoms with van der Waals surface area (Å²) in [6, 6.07) is 10.1. The lowest BCUT2D eigenvalue weighted by Gasteiger charge is -2.10. The van der Waals surface area contributed by atoms with Gasteiger partial charge in [0.1, 0.15) is 11.3 Å². The van der Waals surface area contributed by atoms with E-state index < -0.39 is 33.6 Å². The molecular formula is C24H30N2O6. The lowest BCUT2D eigenvalue weighted by Crippen LogP contribution is -2.18. The number of carboxylic acids is 1. The van der Waals surface area contributed by atoms with Gasteiger partial charge in [0.15, 0.2) is 0 Å². The van der Waals surface area contributed by atoms with Crippen LogP contribution in [0.2, 0.25) is 0 Å². The number of carboxylic acid groups (broad SMARTS) is 1. The Bertz CT molecular complexity index is 879. The average molecular weight is 443 g/mol. The highest BCUT2D eigenvalue weighted by Gasteiger charge is 2.27. The van der Waals surface area contributed by atoms with Crippen LogP contribution in [0.25, 0.3) is 0 Å². The summed E-state index contributed by atoms with van der Waals surface area (Å²) in [6.07, 6.45) is 9.74. The van der Waals surface area contributed by atoms with Crippen molar-refractivity contribution < 1.29 is 24.4 Å². The number of nitrogens with one attached hydrogen (secondary N) is 1. The number of carbonyl (C=O) groups is 2. The SMILES string of the molecule is CCCCCCCCCCOc1ccc(NC(=O)c2c(C(=O)O)cccc2[N+](=O)[O-])cc1. The molecule has 0 fully saturated rings. The van der Waals surface area contributed by atoms with Gasteiger partial charge in [0, 0.05) is 11.8 Å². The molecule has 2 aromatic rings. The van der Waals surface area contributed by atoms with Gasteiger partial charge in [-0.05, 0) is 36.8 Å². The van der Waals surface area contributed by atoms with Crippen molar-refractivity contribution in [2.24, 2.45) is 0 Å². The summed E-state index contributed by atoms with van der Waals surface area (Å²) < 4.78 is 5.72. The minimum absolute atomic E-state index is 0.379. The molecule has 0 radical (unpaired) electrons. The summed E-state index contributed by atoms with van der Waals surface area (Å²) in [5.41, 5.74) is -1.10. The van der Waals surface area contributed by atoms with Crippen molar-refractivity contribution in [1.82, 2.24) is 0 Å². The fraction of sp³-hybridized carbons (Fsp3) is 0.417. The second-order valence-corrected chi connectivity index (χ2v) is 7.56. The van der Waals surface area contributed by atoms with Crippen LogP contribution < -0.4 is 10.1 Å². The van der Waals surface area contributed by atoms with Crippen LogP contribution in [0.5, 0.6) is 5.75 Å². The molecule has 8 heteroatoms. The zero-order valence-corrected chi connectivity index (χ0v) is 18.3. The van der Waals surface area contributed by atoms with Crippen molar-refractivity contribution in [3.05, 3.63) is 63.7 Å². The molecule has 0 heterocycles. The van der Waals surface area contributed by atoms with Gasteiger partial charge in [-0.3, -0.25) is 14.9 Å². The van der Waals surface area contributed by atoms with E-state index in [1.807, 2.05) is 0 Å². The van der Waals surface area contributed by atoms with Gasteiger partial charge in [-0.25, -0.2) is 4.79 Å². The Morgan fingerprint density at radius 3 is 2.19 bits per heavy atom. The first-order valence-electron chi connectivity index (χ1n) is 11.0. The number of rotatable bonds is 14. The number of nitrogens with zero attached hydrogens (tertiary/aromatic N) is 1.